The summed E-state index contributed by atoms with van der Waals surface area (Å²) in [6, 6.07) is 13.5. The molecular weight excluding hydrogens is 256 g/mol. The van der Waals surface area contributed by atoms with Crippen LogP contribution in [0.4, 0.5) is 11.4 Å². The summed E-state index contributed by atoms with van der Waals surface area (Å²) in [5.41, 5.74) is 2.03. The molecule has 0 aliphatic carbocycles. The van der Waals surface area contributed by atoms with Gasteiger partial charge in [0.1, 0.15) is 0 Å². The fourth-order valence-corrected chi connectivity index (χ4v) is 2.17. The number of carbonyl (C=O) groups excluding carboxylic acids is 1. The second-order valence-corrected chi connectivity index (χ2v) is 4.37. The number of nitro groups is 1. The average Bonchev–Trinajstić information content (AvgIpc) is 2.76. The molecule has 98 valence electrons. The van der Waals surface area contributed by atoms with Gasteiger partial charge in [-0.3, -0.25) is 14.9 Å². The molecule has 0 saturated carbocycles. The number of nitro benzene ring substituents is 1. The summed E-state index contributed by atoms with van der Waals surface area (Å²) in [4.78, 5) is 22.7. The van der Waals surface area contributed by atoms with Crippen molar-refractivity contribution in [3.63, 3.8) is 0 Å². The first kappa shape index (κ1) is 12.1. The van der Waals surface area contributed by atoms with E-state index >= 15 is 0 Å². The van der Waals surface area contributed by atoms with Gasteiger partial charge < -0.3 is 5.32 Å². The Bertz CT molecular complexity index is 750. The number of anilines is 1. The van der Waals surface area contributed by atoms with E-state index in [2.05, 4.69) is 5.32 Å². The van der Waals surface area contributed by atoms with Gasteiger partial charge in [0.05, 0.1) is 16.2 Å². The zero-order chi connectivity index (χ0) is 14.1. The van der Waals surface area contributed by atoms with E-state index in [9.17, 15) is 14.9 Å². The Balaban J connectivity index is 2.04. The molecule has 0 bridgehead atoms. The van der Waals surface area contributed by atoms with Gasteiger partial charge in [-0.25, -0.2) is 0 Å². The van der Waals surface area contributed by atoms with Gasteiger partial charge in [-0.05, 0) is 24.3 Å². The minimum absolute atomic E-state index is 0.0226. The standard InChI is InChI=1S/C15H10N2O3/c18-15-11-6-2-3-7-12(11)16-13(15)9-10-5-1-4-8-14(10)17(19)20/h1-9,16H/b13-9-. The molecule has 0 atom stereocenters. The number of allylic oxidation sites excluding steroid dienone is 1. The molecule has 20 heavy (non-hydrogen) atoms. The maximum absolute atomic E-state index is 12.2. The molecule has 0 amide bonds. The number of hydrogen-bond donors (Lipinski definition) is 1. The number of para-hydroxylation sites is 2. The summed E-state index contributed by atoms with van der Waals surface area (Å²) < 4.78 is 0. The van der Waals surface area contributed by atoms with E-state index in [1.54, 1.807) is 36.4 Å². The van der Waals surface area contributed by atoms with Crippen LogP contribution in [-0.4, -0.2) is 10.7 Å². The van der Waals surface area contributed by atoms with E-state index in [1.807, 2.05) is 6.07 Å². The number of hydrogen-bond acceptors (Lipinski definition) is 4. The zero-order valence-electron chi connectivity index (χ0n) is 10.4. The highest BCUT2D eigenvalue weighted by Gasteiger charge is 2.24. The van der Waals surface area contributed by atoms with Crippen LogP contribution in [0.3, 0.4) is 0 Å². The predicted octanol–water partition coefficient (Wildman–Crippen LogP) is 3.24. The molecule has 1 N–H and O–H groups in total. The highest BCUT2D eigenvalue weighted by atomic mass is 16.6. The second-order valence-electron chi connectivity index (χ2n) is 4.37. The Kier molecular flexibility index (Phi) is 2.80. The van der Waals surface area contributed by atoms with E-state index in [0.717, 1.165) is 5.69 Å². The molecule has 0 aromatic heterocycles. The van der Waals surface area contributed by atoms with Gasteiger partial charge in [0.25, 0.3) is 5.69 Å². The Hall–Kier alpha value is -2.95. The number of fused-ring (bicyclic) bond motifs is 1. The number of Topliss-reactive ketones (excluding diaryl/α,β-unsaturated/α-hetero) is 1. The van der Waals surface area contributed by atoms with Gasteiger partial charge in [-0.1, -0.05) is 24.3 Å². The highest BCUT2D eigenvalue weighted by Crippen LogP contribution is 2.30. The number of rotatable bonds is 2. The second kappa shape index (κ2) is 4.62. The van der Waals surface area contributed by atoms with E-state index in [4.69, 9.17) is 0 Å². The Morgan fingerprint density at radius 1 is 1.05 bits per heavy atom. The van der Waals surface area contributed by atoms with E-state index < -0.39 is 4.92 Å². The Labute approximate surface area is 114 Å². The first-order chi connectivity index (χ1) is 9.66. The Morgan fingerprint density at radius 3 is 2.50 bits per heavy atom. The van der Waals surface area contributed by atoms with Crippen LogP contribution in [0.2, 0.25) is 0 Å². The number of carbonyl (C=O) groups is 1. The van der Waals surface area contributed by atoms with Crippen LogP contribution in [0.15, 0.2) is 54.2 Å². The van der Waals surface area contributed by atoms with Crippen molar-refractivity contribution in [1.29, 1.82) is 0 Å². The van der Waals surface area contributed by atoms with E-state index in [-0.39, 0.29) is 11.5 Å². The van der Waals surface area contributed by atoms with Crippen molar-refractivity contribution in [2.75, 3.05) is 5.32 Å². The van der Waals surface area contributed by atoms with Gasteiger partial charge in [0.2, 0.25) is 5.78 Å². The SMILES string of the molecule is O=C1/C(=C/c2ccccc2[N+](=O)[O-])Nc2ccccc21. The Morgan fingerprint density at radius 2 is 1.75 bits per heavy atom. The molecule has 3 rings (SSSR count). The van der Waals surface area contributed by atoms with Gasteiger partial charge in [0.15, 0.2) is 0 Å². The maximum Gasteiger partial charge on any atom is 0.276 e. The highest BCUT2D eigenvalue weighted by molar-refractivity contribution is 6.20. The predicted molar refractivity (Wildman–Crippen MR) is 75.5 cm³/mol. The fourth-order valence-electron chi connectivity index (χ4n) is 2.17. The first-order valence-electron chi connectivity index (χ1n) is 6.02. The quantitative estimate of drug-likeness (QED) is 0.514. The summed E-state index contributed by atoms with van der Waals surface area (Å²) >= 11 is 0. The van der Waals surface area contributed by atoms with Crippen molar-refractivity contribution in [2.45, 2.75) is 0 Å². The van der Waals surface area contributed by atoms with Gasteiger partial charge >= 0.3 is 0 Å². The summed E-state index contributed by atoms with van der Waals surface area (Å²) in [7, 11) is 0. The van der Waals surface area contributed by atoms with Crippen LogP contribution in [0, 0.1) is 10.1 Å². The molecule has 2 aromatic rings. The van der Waals surface area contributed by atoms with Gasteiger partial charge in [0, 0.05) is 17.3 Å². The average molecular weight is 266 g/mol. The molecule has 1 aliphatic rings. The molecule has 5 heteroatoms. The number of nitrogens with zero attached hydrogens (tertiary/aromatic N) is 1. The van der Waals surface area contributed by atoms with Crippen LogP contribution in [0.25, 0.3) is 6.08 Å². The lowest BCUT2D eigenvalue weighted by Crippen LogP contribution is -2.00. The topological polar surface area (TPSA) is 72.2 Å². The number of benzene rings is 2. The third-order valence-electron chi connectivity index (χ3n) is 3.12. The maximum atomic E-state index is 12.2. The molecule has 2 aromatic carbocycles. The molecule has 0 spiro atoms. The zero-order valence-corrected chi connectivity index (χ0v) is 10.4. The van der Waals surface area contributed by atoms with E-state index in [0.29, 0.717) is 16.8 Å². The minimum Gasteiger partial charge on any atom is -0.352 e. The van der Waals surface area contributed by atoms with Crippen molar-refractivity contribution in [1.82, 2.24) is 0 Å². The van der Waals surface area contributed by atoms with E-state index in [1.165, 1.54) is 12.1 Å². The van der Waals surface area contributed by atoms with Crippen molar-refractivity contribution < 1.29 is 9.72 Å². The van der Waals surface area contributed by atoms with Crippen LogP contribution in [0.1, 0.15) is 15.9 Å². The molecular formula is C15H10N2O3. The lowest BCUT2D eigenvalue weighted by molar-refractivity contribution is -0.385. The summed E-state index contributed by atoms with van der Waals surface area (Å²) in [6.45, 7) is 0. The van der Waals surface area contributed by atoms with Gasteiger partial charge in [-0.15, -0.1) is 0 Å². The molecule has 0 radical (unpaired) electrons. The third kappa shape index (κ3) is 1.95. The fraction of sp³-hybridized carbons (Fsp3) is 0. The van der Waals surface area contributed by atoms with Crippen molar-refractivity contribution in [3.8, 4) is 0 Å². The summed E-state index contributed by atoms with van der Waals surface area (Å²) in [5, 5.41) is 14.0. The molecule has 1 heterocycles. The van der Waals surface area contributed by atoms with Crippen LogP contribution in [0.5, 0.6) is 0 Å². The largest absolute Gasteiger partial charge is 0.352 e. The van der Waals surface area contributed by atoms with Crippen LogP contribution in [-0.2, 0) is 0 Å². The lowest BCUT2D eigenvalue weighted by Gasteiger charge is -2.00. The molecule has 0 saturated heterocycles. The monoisotopic (exact) mass is 266 g/mol. The molecule has 5 nitrogen and oxygen atoms in total. The lowest BCUT2D eigenvalue weighted by atomic mass is 10.1. The number of nitrogens with one attached hydrogen (secondary N) is 1. The first-order valence-corrected chi connectivity index (χ1v) is 6.02. The summed E-state index contributed by atoms with van der Waals surface area (Å²) in [5.74, 6) is -0.154. The smallest absolute Gasteiger partial charge is 0.276 e. The van der Waals surface area contributed by atoms with Crippen molar-refractivity contribution >= 4 is 23.2 Å². The van der Waals surface area contributed by atoms with Crippen LogP contribution >= 0.6 is 0 Å². The van der Waals surface area contributed by atoms with Crippen molar-refractivity contribution in [2.24, 2.45) is 0 Å². The number of ketones is 1. The normalized spacial score (nSPS) is 15.0. The third-order valence-corrected chi connectivity index (χ3v) is 3.12. The van der Waals surface area contributed by atoms with Crippen LogP contribution < -0.4 is 5.32 Å². The minimum atomic E-state index is -0.459. The van der Waals surface area contributed by atoms with Crippen molar-refractivity contribution in [3.05, 3.63) is 75.5 Å². The molecule has 0 fully saturated rings. The molecule has 0 unspecified atom stereocenters. The summed E-state index contributed by atoms with van der Waals surface area (Å²) in [6.07, 6.45) is 1.51. The molecule has 1 aliphatic heterocycles. The van der Waals surface area contributed by atoms with Gasteiger partial charge in [-0.2, -0.15) is 0 Å².